The first-order valence-electron chi connectivity index (χ1n) is 6.47. The van der Waals surface area contributed by atoms with Gasteiger partial charge in [0.15, 0.2) is 6.04 Å². The van der Waals surface area contributed by atoms with Gasteiger partial charge in [-0.2, -0.15) is 0 Å². The number of carbonyl (C=O) groups excluding carboxylic acids is 3. The second-order valence-corrected chi connectivity index (χ2v) is 4.34. The molecule has 0 saturated carbocycles. The van der Waals surface area contributed by atoms with Gasteiger partial charge in [-0.25, -0.2) is 4.79 Å². The lowest BCUT2D eigenvalue weighted by Gasteiger charge is -2.19. The van der Waals surface area contributed by atoms with Crippen molar-refractivity contribution in [2.75, 3.05) is 25.5 Å². The van der Waals surface area contributed by atoms with Crippen LogP contribution in [0.15, 0.2) is 30.3 Å². The van der Waals surface area contributed by atoms with Crippen LogP contribution >= 0.6 is 0 Å². The minimum atomic E-state index is -1.42. The molecule has 1 aromatic rings. The lowest BCUT2D eigenvalue weighted by Crippen LogP contribution is -2.49. The molecule has 1 unspecified atom stereocenters. The van der Waals surface area contributed by atoms with Crippen molar-refractivity contribution >= 4 is 23.5 Å². The lowest BCUT2D eigenvalue weighted by molar-refractivity contribution is -0.151. The molecule has 114 valence electrons. The highest BCUT2D eigenvalue weighted by atomic mass is 16.5. The summed E-state index contributed by atoms with van der Waals surface area (Å²) in [6, 6.07) is 7.42. The highest BCUT2D eigenvalue weighted by Gasteiger charge is 2.27. The van der Waals surface area contributed by atoms with Crippen molar-refractivity contribution in [2.24, 2.45) is 5.73 Å². The Morgan fingerprint density at radius 1 is 1.29 bits per heavy atom. The smallest absolute Gasteiger partial charge is 0.332 e. The number of carbonyl (C=O) groups is 3. The van der Waals surface area contributed by atoms with Crippen LogP contribution in [0.5, 0.6) is 0 Å². The number of amides is 2. The number of hydrogen-bond donors (Lipinski definition) is 2. The maximum atomic E-state index is 11.9. The molecule has 0 spiro atoms. The number of nitrogens with one attached hydrogen (secondary N) is 1. The molecule has 0 saturated heterocycles. The van der Waals surface area contributed by atoms with Crippen molar-refractivity contribution in [2.45, 2.75) is 13.0 Å². The fraction of sp³-hybridized carbons (Fsp3) is 0.357. The fourth-order valence-corrected chi connectivity index (χ4v) is 1.59. The standard InChI is InChI=1S/C14H19N3O4/c1-3-21-14(20)12(15)13(19)17(2)9-11(18)16-10-7-5-4-6-8-10/h4-8,12H,3,9,15H2,1-2H3,(H,16,18). The first kappa shape index (κ1) is 16.6. The van der Waals surface area contributed by atoms with Gasteiger partial charge in [0.1, 0.15) is 0 Å². The van der Waals surface area contributed by atoms with Crippen LogP contribution in [0, 0.1) is 0 Å². The van der Waals surface area contributed by atoms with E-state index in [-0.39, 0.29) is 19.1 Å². The van der Waals surface area contributed by atoms with Gasteiger partial charge < -0.3 is 20.7 Å². The Kier molecular flexibility index (Phi) is 6.35. The molecule has 0 aromatic heterocycles. The zero-order chi connectivity index (χ0) is 15.8. The van der Waals surface area contributed by atoms with Crippen molar-refractivity contribution in [3.05, 3.63) is 30.3 Å². The molecule has 3 N–H and O–H groups in total. The van der Waals surface area contributed by atoms with E-state index in [1.54, 1.807) is 31.2 Å². The number of hydrogen-bond acceptors (Lipinski definition) is 5. The fourth-order valence-electron chi connectivity index (χ4n) is 1.59. The van der Waals surface area contributed by atoms with Crippen LogP contribution in [0.25, 0.3) is 0 Å². The highest BCUT2D eigenvalue weighted by Crippen LogP contribution is 2.05. The van der Waals surface area contributed by atoms with E-state index in [4.69, 9.17) is 5.73 Å². The van der Waals surface area contributed by atoms with Gasteiger partial charge in [0, 0.05) is 12.7 Å². The van der Waals surface area contributed by atoms with E-state index in [1.165, 1.54) is 7.05 Å². The molecule has 1 aromatic carbocycles. The Labute approximate surface area is 123 Å². The van der Waals surface area contributed by atoms with Crippen LogP contribution < -0.4 is 11.1 Å². The van der Waals surface area contributed by atoms with Gasteiger partial charge >= 0.3 is 5.97 Å². The third-order valence-electron chi connectivity index (χ3n) is 2.62. The third-order valence-corrected chi connectivity index (χ3v) is 2.62. The Morgan fingerprint density at radius 3 is 2.48 bits per heavy atom. The molecule has 0 heterocycles. The van der Waals surface area contributed by atoms with Gasteiger partial charge in [-0.05, 0) is 19.1 Å². The highest BCUT2D eigenvalue weighted by molar-refractivity contribution is 6.03. The Hall–Kier alpha value is -2.41. The molecular weight excluding hydrogens is 274 g/mol. The summed E-state index contributed by atoms with van der Waals surface area (Å²) in [5.74, 6) is -1.86. The summed E-state index contributed by atoms with van der Waals surface area (Å²) in [6.07, 6.45) is 0. The Morgan fingerprint density at radius 2 is 1.90 bits per heavy atom. The van der Waals surface area contributed by atoms with Crippen LogP contribution in [0.3, 0.4) is 0 Å². The van der Waals surface area contributed by atoms with E-state index in [9.17, 15) is 14.4 Å². The van der Waals surface area contributed by atoms with E-state index in [0.717, 1.165) is 4.90 Å². The molecule has 0 aliphatic heterocycles. The third kappa shape index (κ3) is 5.23. The second kappa shape index (κ2) is 8.01. The van der Waals surface area contributed by atoms with Gasteiger partial charge in [-0.3, -0.25) is 9.59 Å². The predicted molar refractivity (Wildman–Crippen MR) is 77.3 cm³/mol. The van der Waals surface area contributed by atoms with Crippen LogP contribution in [0.2, 0.25) is 0 Å². The zero-order valence-electron chi connectivity index (χ0n) is 12.0. The predicted octanol–water partition coefficient (Wildman–Crippen LogP) is -0.0261. The molecule has 0 aliphatic rings. The summed E-state index contributed by atoms with van der Waals surface area (Å²) >= 11 is 0. The molecule has 1 atom stereocenters. The Bertz CT molecular complexity index is 504. The van der Waals surface area contributed by atoms with Crippen molar-refractivity contribution in [1.29, 1.82) is 0 Å². The first-order chi connectivity index (χ1) is 9.95. The summed E-state index contributed by atoms with van der Waals surface area (Å²) in [6.45, 7) is 1.55. The van der Waals surface area contributed by atoms with E-state index < -0.39 is 17.9 Å². The number of rotatable bonds is 6. The molecule has 0 bridgehead atoms. The van der Waals surface area contributed by atoms with Crippen LogP contribution in [0.4, 0.5) is 5.69 Å². The zero-order valence-corrected chi connectivity index (χ0v) is 12.0. The molecule has 1 rings (SSSR count). The maximum Gasteiger partial charge on any atom is 0.332 e. The molecule has 7 nitrogen and oxygen atoms in total. The summed E-state index contributed by atoms with van der Waals surface area (Å²) in [5, 5.41) is 2.63. The summed E-state index contributed by atoms with van der Waals surface area (Å²) < 4.78 is 4.66. The van der Waals surface area contributed by atoms with Gasteiger partial charge in [-0.15, -0.1) is 0 Å². The van der Waals surface area contributed by atoms with E-state index in [1.807, 2.05) is 6.07 Å². The number of benzene rings is 1. The quantitative estimate of drug-likeness (QED) is 0.566. The molecule has 0 fully saturated rings. The van der Waals surface area contributed by atoms with Crippen molar-refractivity contribution in [1.82, 2.24) is 4.90 Å². The number of anilines is 1. The molecule has 0 radical (unpaired) electrons. The molecule has 2 amide bonds. The monoisotopic (exact) mass is 293 g/mol. The second-order valence-electron chi connectivity index (χ2n) is 4.34. The largest absolute Gasteiger partial charge is 0.464 e. The van der Waals surface area contributed by atoms with E-state index in [0.29, 0.717) is 5.69 Å². The minimum absolute atomic E-state index is 0.137. The normalized spacial score (nSPS) is 11.4. The van der Waals surface area contributed by atoms with Crippen molar-refractivity contribution in [3.63, 3.8) is 0 Å². The topological polar surface area (TPSA) is 102 Å². The molecule has 0 aliphatic carbocycles. The lowest BCUT2D eigenvalue weighted by atomic mass is 10.2. The minimum Gasteiger partial charge on any atom is -0.464 e. The van der Waals surface area contributed by atoms with Crippen LogP contribution in [-0.4, -0.2) is 48.9 Å². The van der Waals surface area contributed by atoms with Gasteiger partial charge in [-0.1, -0.05) is 18.2 Å². The number of nitrogens with zero attached hydrogens (tertiary/aromatic N) is 1. The van der Waals surface area contributed by atoms with Gasteiger partial charge in [0.25, 0.3) is 5.91 Å². The summed E-state index contributed by atoms with van der Waals surface area (Å²) in [5.41, 5.74) is 6.10. The average Bonchev–Trinajstić information content (AvgIpc) is 2.46. The number of para-hydroxylation sites is 1. The molecule has 7 heteroatoms. The van der Waals surface area contributed by atoms with Crippen molar-refractivity contribution in [3.8, 4) is 0 Å². The van der Waals surface area contributed by atoms with Gasteiger partial charge in [0.05, 0.1) is 13.2 Å². The SMILES string of the molecule is CCOC(=O)C(N)C(=O)N(C)CC(=O)Nc1ccccc1. The Balaban J connectivity index is 2.52. The van der Waals surface area contributed by atoms with Crippen molar-refractivity contribution < 1.29 is 19.1 Å². The number of nitrogens with two attached hydrogens (primary N) is 1. The maximum absolute atomic E-state index is 11.9. The molecule has 21 heavy (non-hydrogen) atoms. The van der Waals surface area contributed by atoms with E-state index in [2.05, 4.69) is 10.1 Å². The van der Waals surface area contributed by atoms with Crippen LogP contribution in [0.1, 0.15) is 6.92 Å². The first-order valence-corrected chi connectivity index (χ1v) is 6.47. The average molecular weight is 293 g/mol. The van der Waals surface area contributed by atoms with Gasteiger partial charge in [0.2, 0.25) is 5.91 Å². The summed E-state index contributed by atoms with van der Waals surface area (Å²) in [7, 11) is 1.39. The number of esters is 1. The number of likely N-dealkylation sites (N-methyl/N-ethyl adjacent to an activating group) is 1. The summed E-state index contributed by atoms with van der Waals surface area (Å²) in [4.78, 5) is 36.1. The van der Waals surface area contributed by atoms with E-state index >= 15 is 0 Å². The van der Waals surface area contributed by atoms with Crippen LogP contribution in [-0.2, 0) is 19.1 Å². The number of ether oxygens (including phenoxy) is 1. The molecular formula is C14H19N3O4.